The lowest BCUT2D eigenvalue weighted by atomic mass is 10.2. The van der Waals surface area contributed by atoms with Gasteiger partial charge in [0.1, 0.15) is 6.73 Å². The molecule has 1 aromatic carbocycles. The molecule has 0 atom stereocenters. The molecule has 102 valence electrons. The van der Waals surface area contributed by atoms with E-state index in [-0.39, 0.29) is 0 Å². The van der Waals surface area contributed by atoms with Crippen LogP contribution in [0.15, 0.2) is 30.5 Å². The molecule has 1 heterocycles. The van der Waals surface area contributed by atoms with E-state index in [2.05, 4.69) is 19.6 Å². The van der Waals surface area contributed by atoms with Crippen LogP contribution < -0.4 is 0 Å². The molecule has 0 N–H and O–H groups in total. The highest BCUT2D eigenvalue weighted by molar-refractivity contribution is 6.76. The van der Waals surface area contributed by atoms with E-state index in [1.807, 2.05) is 35.0 Å². The van der Waals surface area contributed by atoms with E-state index in [1.54, 1.807) is 0 Å². The third-order valence-electron chi connectivity index (χ3n) is 3.17. The Morgan fingerprint density at radius 3 is 2.68 bits per heavy atom. The van der Waals surface area contributed by atoms with Gasteiger partial charge in [0, 0.05) is 31.8 Å². The summed E-state index contributed by atoms with van der Waals surface area (Å²) in [6, 6.07) is 9.08. The molecule has 0 spiro atoms. The zero-order valence-electron chi connectivity index (χ0n) is 11.8. The van der Waals surface area contributed by atoms with Crippen LogP contribution in [-0.2, 0) is 11.5 Å². The van der Waals surface area contributed by atoms with Gasteiger partial charge in [-0.05, 0) is 12.1 Å². The first-order valence-corrected chi connectivity index (χ1v) is 10.3. The maximum Gasteiger partial charge on any atom is 0.152 e. The van der Waals surface area contributed by atoms with Crippen LogP contribution in [0.25, 0.3) is 10.9 Å². The van der Waals surface area contributed by atoms with E-state index in [1.165, 1.54) is 0 Å². The fourth-order valence-corrected chi connectivity index (χ4v) is 2.77. The number of rotatable bonds is 6. The van der Waals surface area contributed by atoms with Crippen molar-refractivity contribution in [2.75, 3.05) is 6.61 Å². The van der Waals surface area contributed by atoms with Gasteiger partial charge in [-0.15, -0.1) is 0 Å². The fourth-order valence-electron chi connectivity index (χ4n) is 2.02. The molecule has 0 aliphatic heterocycles. The van der Waals surface area contributed by atoms with Crippen LogP contribution in [0.5, 0.6) is 0 Å². The molecule has 0 aliphatic rings. The van der Waals surface area contributed by atoms with Crippen LogP contribution in [0.2, 0.25) is 25.7 Å². The standard InChI is InChI=1S/C15H21NO2Si/c1-19(2,3)9-8-18-12-16-10-13(11-17)14-6-4-5-7-15(14)16/h4-7,10-11H,8-9,12H2,1-3H3. The summed E-state index contributed by atoms with van der Waals surface area (Å²) >= 11 is 0. The molecular formula is C15H21NO2Si. The number of carbonyl (C=O) groups excluding carboxylic acids is 1. The zero-order chi connectivity index (χ0) is 13.9. The van der Waals surface area contributed by atoms with Crippen molar-refractivity contribution in [1.82, 2.24) is 4.57 Å². The lowest BCUT2D eigenvalue weighted by Gasteiger charge is -2.15. The summed E-state index contributed by atoms with van der Waals surface area (Å²) in [4.78, 5) is 11.0. The maximum absolute atomic E-state index is 11.0. The Morgan fingerprint density at radius 1 is 1.26 bits per heavy atom. The van der Waals surface area contributed by atoms with E-state index in [0.29, 0.717) is 6.73 Å². The minimum Gasteiger partial charge on any atom is -0.361 e. The van der Waals surface area contributed by atoms with Gasteiger partial charge in [-0.3, -0.25) is 4.79 Å². The molecule has 0 saturated heterocycles. The van der Waals surface area contributed by atoms with Crippen molar-refractivity contribution in [2.24, 2.45) is 0 Å². The monoisotopic (exact) mass is 275 g/mol. The molecule has 3 nitrogen and oxygen atoms in total. The van der Waals surface area contributed by atoms with E-state index in [9.17, 15) is 4.79 Å². The van der Waals surface area contributed by atoms with Crippen LogP contribution >= 0.6 is 0 Å². The SMILES string of the molecule is C[Si](C)(C)CCOCn1cc(C=O)c2ccccc21. The topological polar surface area (TPSA) is 31.2 Å². The highest BCUT2D eigenvalue weighted by Gasteiger charge is 2.12. The van der Waals surface area contributed by atoms with Crippen molar-refractivity contribution in [3.8, 4) is 0 Å². The Hall–Kier alpha value is -1.39. The number of ether oxygens (including phenoxy) is 1. The predicted octanol–water partition coefficient (Wildman–Crippen LogP) is 3.77. The second kappa shape index (κ2) is 5.71. The third kappa shape index (κ3) is 3.55. The van der Waals surface area contributed by atoms with Gasteiger partial charge in [0.2, 0.25) is 0 Å². The summed E-state index contributed by atoms with van der Waals surface area (Å²) in [6.45, 7) is 8.32. The van der Waals surface area contributed by atoms with Crippen molar-refractivity contribution in [1.29, 1.82) is 0 Å². The molecule has 0 saturated carbocycles. The lowest BCUT2D eigenvalue weighted by Crippen LogP contribution is -2.21. The fraction of sp³-hybridized carbons (Fsp3) is 0.400. The second-order valence-corrected chi connectivity index (χ2v) is 11.7. The van der Waals surface area contributed by atoms with Gasteiger partial charge in [0.25, 0.3) is 0 Å². The molecule has 0 radical (unpaired) electrons. The summed E-state index contributed by atoms with van der Waals surface area (Å²) in [5.74, 6) is 0. The quantitative estimate of drug-likeness (QED) is 0.456. The van der Waals surface area contributed by atoms with Gasteiger partial charge in [-0.1, -0.05) is 37.8 Å². The summed E-state index contributed by atoms with van der Waals surface area (Å²) in [7, 11) is -1.04. The molecule has 4 heteroatoms. The number of carbonyl (C=O) groups is 1. The molecule has 0 bridgehead atoms. The number of hydrogen-bond acceptors (Lipinski definition) is 2. The highest BCUT2D eigenvalue weighted by atomic mass is 28.3. The zero-order valence-corrected chi connectivity index (χ0v) is 12.8. The number of para-hydroxylation sites is 1. The van der Waals surface area contributed by atoms with Crippen molar-refractivity contribution in [3.63, 3.8) is 0 Å². The van der Waals surface area contributed by atoms with Crippen molar-refractivity contribution in [2.45, 2.75) is 32.4 Å². The molecule has 0 amide bonds. The van der Waals surface area contributed by atoms with Crippen molar-refractivity contribution < 1.29 is 9.53 Å². The number of benzene rings is 1. The second-order valence-electron chi connectivity index (χ2n) is 6.04. The van der Waals surface area contributed by atoms with E-state index in [0.717, 1.165) is 35.4 Å². The average Bonchev–Trinajstić information content (AvgIpc) is 2.72. The van der Waals surface area contributed by atoms with Crippen LogP contribution in [0.4, 0.5) is 0 Å². The Kier molecular flexibility index (Phi) is 4.22. The molecule has 1 aromatic heterocycles. The number of hydrogen-bond donors (Lipinski definition) is 0. The van der Waals surface area contributed by atoms with Crippen LogP contribution in [0.3, 0.4) is 0 Å². The molecule has 0 fully saturated rings. The first-order chi connectivity index (χ1) is 9.01. The first kappa shape index (κ1) is 14.0. The summed E-state index contributed by atoms with van der Waals surface area (Å²) in [6.07, 6.45) is 2.77. The Morgan fingerprint density at radius 2 is 2.00 bits per heavy atom. The van der Waals surface area contributed by atoms with Crippen molar-refractivity contribution in [3.05, 3.63) is 36.0 Å². The third-order valence-corrected chi connectivity index (χ3v) is 4.88. The van der Waals surface area contributed by atoms with E-state index >= 15 is 0 Å². The minimum atomic E-state index is -1.04. The molecular weight excluding hydrogens is 254 g/mol. The summed E-state index contributed by atoms with van der Waals surface area (Å²) in [5, 5.41) is 0.992. The Balaban J connectivity index is 2.07. The Bertz CT molecular complexity index is 569. The summed E-state index contributed by atoms with van der Waals surface area (Å²) < 4.78 is 7.75. The lowest BCUT2D eigenvalue weighted by molar-refractivity contribution is 0.0901. The smallest absolute Gasteiger partial charge is 0.152 e. The molecule has 2 aromatic rings. The molecule has 2 rings (SSSR count). The van der Waals surface area contributed by atoms with Crippen molar-refractivity contribution >= 4 is 25.3 Å². The molecule has 19 heavy (non-hydrogen) atoms. The number of aromatic nitrogens is 1. The highest BCUT2D eigenvalue weighted by Crippen LogP contribution is 2.20. The maximum atomic E-state index is 11.0. The number of aldehydes is 1. The van der Waals surface area contributed by atoms with E-state index in [4.69, 9.17) is 4.74 Å². The van der Waals surface area contributed by atoms with E-state index < -0.39 is 8.07 Å². The number of fused-ring (bicyclic) bond motifs is 1. The molecule has 0 unspecified atom stereocenters. The normalized spacial score (nSPS) is 11.9. The van der Waals surface area contributed by atoms with Crippen LogP contribution in [0.1, 0.15) is 10.4 Å². The minimum absolute atomic E-state index is 0.513. The first-order valence-electron chi connectivity index (χ1n) is 6.62. The number of nitrogens with zero attached hydrogens (tertiary/aromatic N) is 1. The van der Waals surface area contributed by atoms with Gasteiger partial charge in [-0.2, -0.15) is 0 Å². The van der Waals surface area contributed by atoms with Gasteiger partial charge in [-0.25, -0.2) is 0 Å². The average molecular weight is 275 g/mol. The van der Waals surface area contributed by atoms with Gasteiger partial charge >= 0.3 is 0 Å². The predicted molar refractivity (Wildman–Crippen MR) is 81.4 cm³/mol. The molecule has 0 aliphatic carbocycles. The van der Waals surface area contributed by atoms with Gasteiger partial charge in [0.05, 0.1) is 5.52 Å². The Labute approximate surface area is 115 Å². The van der Waals surface area contributed by atoms with Crippen LogP contribution in [-0.4, -0.2) is 25.5 Å². The van der Waals surface area contributed by atoms with Crippen LogP contribution in [0, 0.1) is 0 Å². The van der Waals surface area contributed by atoms with Gasteiger partial charge < -0.3 is 9.30 Å². The summed E-state index contributed by atoms with van der Waals surface area (Å²) in [5.41, 5.74) is 1.78. The largest absolute Gasteiger partial charge is 0.361 e. The van der Waals surface area contributed by atoms with Gasteiger partial charge in [0.15, 0.2) is 6.29 Å².